The molecule has 0 heterocycles. The molecule has 0 aliphatic heterocycles. The minimum absolute atomic E-state index is 0.163. The summed E-state index contributed by atoms with van der Waals surface area (Å²) in [6, 6.07) is 16.6. The molecule has 1 amide bonds. The summed E-state index contributed by atoms with van der Waals surface area (Å²) >= 11 is 0. The number of carbonyl (C=O) groups is 1. The molecule has 0 saturated heterocycles. The summed E-state index contributed by atoms with van der Waals surface area (Å²) in [7, 11) is 0. The summed E-state index contributed by atoms with van der Waals surface area (Å²) in [6.45, 7) is 4.81. The Labute approximate surface area is 143 Å². The van der Waals surface area contributed by atoms with Gasteiger partial charge >= 0.3 is 0 Å². The topological polar surface area (TPSA) is 32.3 Å². The maximum atomic E-state index is 12.8. The SMILES string of the molecule is CCN(Cc1ccccc1)C(=O)CCNCCc1ccc(F)cc1. The van der Waals surface area contributed by atoms with Crippen molar-refractivity contribution >= 4 is 5.91 Å². The summed E-state index contributed by atoms with van der Waals surface area (Å²) in [5.74, 6) is -0.0500. The predicted octanol–water partition coefficient (Wildman–Crippen LogP) is 3.40. The lowest BCUT2D eigenvalue weighted by Crippen LogP contribution is -2.33. The number of nitrogens with zero attached hydrogens (tertiary/aromatic N) is 1. The van der Waals surface area contributed by atoms with Crippen molar-refractivity contribution in [1.82, 2.24) is 10.2 Å². The molecule has 0 bridgehead atoms. The summed E-state index contributed by atoms with van der Waals surface area (Å²) in [4.78, 5) is 14.2. The van der Waals surface area contributed by atoms with Crippen molar-refractivity contribution < 1.29 is 9.18 Å². The molecule has 0 aromatic heterocycles. The van der Waals surface area contributed by atoms with Crippen LogP contribution in [0.2, 0.25) is 0 Å². The van der Waals surface area contributed by atoms with Crippen LogP contribution >= 0.6 is 0 Å². The van der Waals surface area contributed by atoms with Crippen molar-refractivity contribution in [1.29, 1.82) is 0 Å². The van der Waals surface area contributed by atoms with E-state index in [2.05, 4.69) is 5.32 Å². The molecule has 1 N–H and O–H groups in total. The molecule has 2 aromatic rings. The number of halogens is 1. The molecule has 0 aliphatic carbocycles. The van der Waals surface area contributed by atoms with Gasteiger partial charge in [-0.1, -0.05) is 42.5 Å². The van der Waals surface area contributed by atoms with E-state index < -0.39 is 0 Å². The van der Waals surface area contributed by atoms with E-state index >= 15 is 0 Å². The lowest BCUT2D eigenvalue weighted by Gasteiger charge is -2.21. The lowest BCUT2D eigenvalue weighted by molar-refractivity contribution is -0.131. The normalized spacial score (nSPS) is 10.6. The predicted molar refractivity (Wildman–Crippen MR) is 95.1 cm³/mol. The Morgan fingerprint density at radius 2 is 1.71 bits per heavy atom. The zero-order valence-electron chi connectivity index (χ0n) is 14.2. The zero-order chi connectivity index (χ0) is 17.2. The van der Waals surface area contributed by atoms with E-state index in [-0.39, 0.29) is 11.7 Å². The van der Waals surface area contributed by atoms with Crippen LogP contribution in [-0.2, 0) is 17.8 Å². The number of rotatable bonds is 9. The highest BCUT2D eigenvalue weighted by atomic mass is 19.1. The number of nitrogens with one attached hydrogen (secondary N) is 1. The van der Waals surface area contributed by atoms with Crippen LogP contribution in [0, 0.1) is 5.82 Å². The number of hydrogen-bond donors (Lipinski definition) is 1. The fourth-order valence-corrected chi connectivity index (χ4v) is 2.54. The van der Waals surface area contributed by atoms with Gasteiger partial charge < -0.3 is 10.2 Å². The lowest BCUT2D eigenvalue weighted by atomic mass is 10.1. The van der Waals surface area contributed by atoms with Crippen molar-refractivity contribution in [2.45, 2.75) is 26.3 Å². The van der Waals surface area contributed by atoms with E-state index in [9.17, 15) is 9.18 Å². The van der Waals surface area contributed by atoms with E-state index in [4.69, 9.17) is 0 Å². The van der Waals surface area contributed by atoms with Crippen LogP contribution in [-0.4, -0.2) is 30.4 Å². The Hall–Kier alpha value is -2.20. The molecule has 0 spiro atoms. The maximum absolute atomic E-state index is 12.8. The first-order valence-electron chi connectivity index (χ1n) is 8.46. The third kappa shape index (κ3) is 6.13. The van der Waals surface area contributed by atoms with Gasteiger partial charge in [-0.05, 0) is 43.1 Å². The van der Waals surface area contributed by atoms with Crippen LogP contribution in [0.25, 0.3) is 0 Å². The molecule has 128 valence electrons. The fourth-order valence-electron chi connectivity index (χ4n) is 2.54. The highest BCUT2D eigenvalue weighted by Crippen LogP contribution is 2.06. The maximum Gasteiger partial charge on any atom is 0.224 e. The summed E-state index contributed by atoms with van der Waals surface area (Å²) in [5, 5.41) is 3.28. The average Bonchev–Trinajstić information content (AvgIpc) is 2.61. The summed E-state index contributed by atoms with van der Waals surface area (Å²) < 4.78 is 12.8. The monoisotopic (exact) mass is 328 g/mol. The second-order valence-corrected chi connectivity index (χ2v) is 5.77. The Bertz CT molecular complexity index is 613. The van der Waals surface area contributed by atoms with Crippen molar-refractivity contribution in [3.05, 3.63) is 71.5 Å². The summed E-state index contributed by atoms with van der Waals surface area (Å²) in [5.41, 5.74) is 2.24. The number of amides is 1. The zero-order valence-corrected chi connectivity index (χ0v) is 14.2. The van der Waals surface area contributed by atoms with E-state index in [0.29, 0.717) is 26.1 Å². The number of hydrogen-bond acceptors (Lipinski definition) is 2. The highest BCUT2D eigenvalue weighted by molar-refractivity contribution is 5.76. The Balaban J connectivity index is 1.66. The van der Waals surface area contributed by atoms with Gasteiger partial charge in [-0.2, -0.15) is 0 Å². The first kappa shape index (κ1) is 18.1. The third-order valence-corrected chi connectivity index (χ3v) is 3.97. The van der Waals surface area contributed by atoms with Crippen LogP contribution in [0.15, 0.2) is 54.6 Å². The smallest absolute Gasteiger partial charge is 0.224 e. The second kappa shape index (κ2) is 9.83. The molecule has 4 heteroatoms. The van der Waals surface area contributed by atoms with E-state index in [1.54, 1.807) is 12.1 Å². The van der Waals surface area contributed by atoms with Gasteiger partial charge in [-0.25, -0.2) is 4.39 Å². The molecular formula is C20H25FN2O. The number of benzene rings is 2. The van der Waals surface area contributed by atoms with Gasteiger partial charge in [0.1, 0.15) is 5.82 Å². The average molecular weight is 328 g/mol. The van der Waals surface area contributed by atoms with Gasteiger partial charge in [0.25, 0.3) is 0 Å². The molecule has 0 radical (unpaired) electrons. The van der Waals surface area contributed by atoms with Crippen LogP contribution in [0.3, 0.4) is 0 Å². The van der Waals surface area contributed by atoms with E-state index in [1.165, 1.54) is 12.1 Å². The van der Waals surface area contributed by atoms with Gasteiger partial charge in [-0.3, -0.25) is 4.79 Å². The molecule has 0 atom stereocenters. The molecule has 0 fully saturated rings. The van der Waals surface area contributed by atoms with Crippen LogP contribution < -0.4 is 5.32 Å². The molecule has 2 rings (SSSR count). The van der Waals surface area contributed by atoms with Crippen molar-refractivity contribution in [2.75, 3.05) is 19.6 Å². The minimum atomic E-state index is -0.213. The largest absolute Gasteiger partial charge is 0.339 e. The molecular weight excluding hydrogens is 303 g/mol. The first-order valence-corrected chi connectivity index (χ1v) is 8.46. The van der Waals surface area contributed by atoms with Gasteiger partial charge in [0.2, 0.25) is 5.91 Å². The van der Waals surface area contributed by atoms with Gasteiger partial charge in [0.05, 0.1) is 0 Å². The molecule has 0 aliphatic rings. The standard InChI is InChI=1S/C20H25FN2O/c1-2-23(16-18-6-4-3-5-7-18)20(24)13-15-22-14-12-17-8-10-19(21)11-9-17/h3-11,22H,2,12-16H2,1H3. The van der Waals surface area contributed by atoms with Crippen molar-refractivity contribution in [3.8, 4) is 0 Å². The molecule has 2 aromatic carbocycles. The fraction of sp³-hybridized carbons (Fsp3) is 0.350. The van der Waals surface area contributed by atoms with E-state index in [1.807, 2.05) is 42.2 Å². The molecule has 0 unspecified atom stereocenters. The van der Waals surface area contributed by atoms with Crippen LogP contribution in [0.5, 0.6) is 0 Å². The Kier molecular flexibility index (Phi) is 7.43. The van der Waals surface area contributed by atoms with Gasteiger partial charge in [0, 0.05) is 26.1 Å². The van der Waals surface area contributed by atoms with Gasteiger partial charge in [-0.15, -0.1) is 0 Å². The molecule has 3 nitrogen and oxygen atoms in total. The Morgan fingerprint density at radius 3 is 2.38 bits per heavy atom. The second-order valence-electron chi connectivity index (χ2n) is 5.77. The quantitative estimate of drug-likeness (QED) is 0.716. The van der Waals surface area contributed by atoms with Crippen LogP contribution in [0.4, 0.5) is 4.39 Å². The highest BCUT2D eigenvalue weighted by Gasteiger charge is 2.11. The minimum Gasteiger partial charge on any atom is -0.339 e. The van der Waals surface area contributed by atoms with E-state index in [0.717, 1.165) is 24.1 Å². The molecule has 0 saturated carbocycles. The van der Waals surface area contributed by atoms with Crippen LogP contribution in [0.1, 0.15) is 24.5 Å². The molecule has 24 heavy (non-hydrogen) atoms. The first-order chi connectivity index (χ1) is 11.7. The third-order valence-electron chi connectivity index (χ3n) is 3.97. The van der Waals surface area contributed by atoms with Crippen molar-refractivity contribution in [2.24, 2.45) is 0 Å². The van der Waals surface area contributed by atoms with Crippen molar-refractivity contribution in [3.63, 3.8) is 0 Å². The van der Waals surface area contributed by atoms with Gasteiger partial charge in [0.15, 0.2) is 0 Å². The number of carbonyl (C=O) groups excluding carboxylic acids is 1. The summed E-state index contributed by atoms with van der Waals surface area (Å²) in [6.07, 6.45) is 1.32. The Morgan fingerprint density at radius 1 is 1.00 bits per heavy atom.